The first-order valence-corrected chi connectivity index (χ1v) is 9.05. The zero-order chi connectivity index (χ0) is 19.3. The molecule has 8 heteroatoms. The summed E-state index contributed by atoms with van der Waals surface area (Å²) in [7, 11) is 1.25. The summed E-state index contributed by atoms with van der Waals surface area (Å²) in [6.45, 7) is 3.31. The van der Waals surface area contributed by atoms with Crippen LogP contribution in [0.3, 0.4) is 0 Å². The van der Waals surface area contributed by atoms with Crippen LogP contribution in [0.15, 0.2) is 34.9 Å². The van der Waals surface area contributed by atoms with E-state index in [1.165, 1.54) is 24.3 Å². The van der Waals surface area contributed by atoms with Crippen molar-refractivity contribution in [2.24, 2.45) is 0 Å². The average molecular weight is 396 g/mol. The van der Waals surface area contributed by atoms with Gasteiger partial charge >= 0.3 is 5.97 Å². The molecular formula is C18H18ClNO5S. The summed E-state index contributed by atoms with van der Waals surface area (Å²) < 4.78 is 9.71. The van der Waals surface area contributed by atoms with Gasteiger partial charge in [0, 0.05) is 5.02 Å². The van der Waals surface area contributed by atoms with Gasteiger partial charge in [-0.15, -0.1) is 0 Å². The maximum Gasteiger partial charge on any atom is 0.325 e. The molecule has 2 aromatic rings. The largest absolute Gasteiger partial charge is 0.468 e. The molecule has 0 aliphatic rings. The number of furan rings is 1. The monoisotopic (exact) mass is 395 g/mol. The van der Waals surface area contributed by atoms with Gasteiger partial charge in [-0.25, -0.2) is 0 Å². The van der Waals surface area contributed by atoms with Crippen molar-refractivity contribution in [3.05, 3.63) is 52.4 Å². The lowest BCUT2D eigenvalue weighted by Gasteiger charge is -2.25. The first kappa shape index (κ1) is 20.1. The number of nitrogens with zero attached hydrogens (tertiary/aromatic N) is 1. The van der Waals surface area contributed by atoms with Crippen LogP contribution in [0.25, 0.3) is 0 Å². The number of hydrogen-bond acceptors (Lipinski definition) is 6. The van der Waals surface area contributed by atoms with E-state index < -0.39 is 11.9 Å². The van der Waals surface area contributed by atoms with Crippen LogP contribution in [0.4, 0.5) is 5.69 Å². The minimum Gasteiger partial charge on any atom is -0.468 e. The zero-order valence-electron chi connectivity index (χ0n) is 14.6. The Morgan fingerprint density at radius 3 is 2.58 bits per heavy atom. The van der Waals surface area contributed by atoms with E-state index >= 15 is 0 Å². The van der Waals surface area contributed by atoms with E-state index in [1.54, 1.807) is 25.1 Å². The fourth-order valence-corrected chi connectivity index (χ4v) is 3.20. The SMILES string of the molecule is COC(=O)CN(C(=O)CSC(=O)c1ccco1)c1c(C)ccc(Cl)c1C. The summed E-state index contributed by atoms with van der Waals surface area (Å²) >= 11 is 6.98. The molecule has 0 N–H and O–H groups in total. The molecular weight excluding hydrogens is 378 g/mol. The molecule has 0 unspecified atom stereocenters. The van der Waals surface area contributed by atoms with Crippen LogP contribution in [0.1, 0.15) is 21.7 Å². The van der Waals surface area contributed by atoms with Crippen LogP contribution in [-0.2, 0) is 14.3 Å². The molecule has 0 aliphatic heterocycles. The number of amides is 1. The second kappa shape index (κ2) is 8.91. The van der Waals surface area contributed by atoms with Gasteiger partial charge in [-0.2, -0.15) is 0 Å². The van der Waals surface area contributed by atoms with Gasteiger partial charge in [-0.05, 0) is 43.2 Å². The number of thioether (sulfide) groups is 1. The molecule has 1 heterocycles. The lowest BCUT2D eigenvalue weighted by molar-refractivity contribution is -0.139. The molecule has 0 saturated carbocycles. The Hall–Kier alpha value is -2.25. The second-order valence-electron chi connectivity index (χ2n) is 5.45. The van der Waals surface area contributed by atoms with Crippen LogP contribution in [0.5, 0.6) is 0 Å². The van der Waals surface area contributed by atoms with Gasteiger partial charge < -0.3 is 9.15 Å². The number of rotatable bonds is 6. The number of benzene rings is 1. The summed E-state index contributed by atoms with van der Waals surface area (Å²) in [4.78, 5) is 37.9. The van der Waals surface area contributed by atoms with Crippen molar-refractivity contribution >= 4 is 46.0 Å². The van der Waals surface area contributed by atoms with E-state index in [0.29, 0.717) is 16.3 Å². The molecule has 0 spiro atoms. The number of anilines is 1. The second-order valence-corrected chi connectivity index (χ2v) is 6.80. The summed E-state index contributed by atoms with van der Waals surface area (Å²) in [5.74, 6) is -0.965. The Kier molecular flexibility index (Phi) is 6.88. The van der Waals surface area contributed by atoms with Crippen molar-refractivity contribution in [2.45, 2.75) is 13.8 Å². The first-order chi connectivity index (χ1) is 12.3. The molecule has 1 aromatic carbocycles. The van der Waals surface area contributed by atoms with Crippen LogP contribution >= 0.6 is 23.4 Å². The molecule has 1 aromatic heterocycles. The highest BCUT2D eigenvalue weighted by Crippen LogP contribution is 2.31. The molecule has 0 atom stereocenters. The van der Waals surface area contributed by atoms with Gasteiger partial charge in [0.15, 0.2) is 5.76 Å². The van der Waals surface area contributed by atoms with Crippen LogP contribution in [-0.4, -0.2) is 36.4 Å². The van der Waals surface area contributed by atoms with Gasteiger partial charge in [0.05, 0.1) is 24.8 Å². The quantitative estimate of drug-likeness (QED) is 0.695. The summed E-state index contributed by atoms with van der Waals surface area (Å²) in [5.41, 5.74) is 2.00. The minimum atomic E-state index is -0.570. The Morgan fingerprint density at radius 1 is 1.23 bits per heavy atom. The van der Waals surface area contributed by atoms with Crippen LogP contribution < -0.4 is 4.90 Å². The number of carbonyl (C=O) groups excluding carboxylic acids is 3. The standard InChI is InChI=1S/C18H18ClNO5S/c1-11-6-7-13(19)12(2)17(11)20(9-16(22)24-3)15(21)10-26-18(23)14-5-4-8-25-14/h4-8H,9-10H2,1-3H3. The van der Waals surface area contributed by atoms with E-state index in [4.69, 9.17) is 20.8 Å². The van der Waals surface area contributed by atoms with Crippen molar-refractivity contribution in [2.75, 3.05) is 24.3 Å². The number of aryl methyl sites for hydroxylation is 1. The van der Waals surface area contributed by atoms with Gasteiger partial charge in [0.25, 0.3) is 5.12 Å². The van der Waals surface area contributed by atoms with Crippen molar-refractivity contribution in [3.63, 3.8) is 0 Å². The Labute approximate surface area is 160 Å². The van der Waals surface area contributed by atoms with Crippen molar-refractivity contribution in [1.82, 2.24) is 0 Å². The summed E-state index contributed by atoms with van der Waals surface area (Å²) in [5, 5.41) is 0.119. The fourth-order valence-electron chi connectivity index (χ4n) is 2.38. The predicted octanol–water partition coefficient (Wildman–Crippen LogP) is 3.63. The maximum absolute atomic E-state index is 12.8. The molecule has 1 amide bonds. The highest BCUT2D eigenvalue weighted by Gasteiger charge is 2.25. The van der Waals surface area contributed by atoms with E-state index in [-0.39, 0.29) is 23.2 Å². The molecule has 26 heavy (non-hydrogen) atoms. The molecule has 0 aliphatic carbocycles. The fraction of sp³-hybridized carbons (Fsp3) is 0.278. The van der Waals surface area contributed by atoms with Crippen LogP contribution in [0.2, 0.25) is 5.02 Å². The highest BCUT2D eigenvalue weighted by molar-refractivity contribution is 8.14. The van der Waals surface area contributed by atoms with Crippen LogP contribution in [0, 0.1) is 13.8 Å². The zero-order valence-corrected chi connectivity index (χ0v) is 16.1. The number of esters is 1. The van der Waals surface area contributed by atoms with E-state index in [0.717, 1.165) is 17.3 Å². The number of ether oxygens (including phenoxy) is 1. The van der Waals surface area contributed by atoms with Gasteiger partial charge in [0.1, 0.15) is 6.54 Å². The van der Waals surface area contributed by atoms with E-state index in [2.05, 4.69) is 0 Å². The Balaban J connectivity index is 2.24. The Morgan fingerprint density at radius 2 is 1.96 bits per heavy atom. The molecule has 138 valence electrons. The summed E-state index contributed by atoms with van der Waals surface area (Å²) in [6, 6.07) is 6.62. The third-order valence-corrected chi connectivity index (χ3v) is 4.97. The molecule has 6 nitrogen and oxygen atoms in total. The lowest BCUT2D eigenvalue weighted by Crippen LogP contribution is -2.38. The highest BCUT2D eigenvalue weighted by atomic mass is 35.5. The minimum absolute atomic E-state index is 0.151. The Bertz CT molecular complexity index is 819. The summed E-state index contributed by atoms with van der Waals surface area (Å²) in [6.07, 6.45) is 1.39. The molecule has 0 radical (unpaired) electrons. The van der Waals surface area contributed by atoms with Crippen molar-refractivity contribution in [3.8, 4) is 0 Å². The van der Waals surface area contributed by atoms with Gasteiger partial charge in [0.2, 0.25) is 5.91 Å². The molecule has 0 fully saturated rings. The normalized spacial score (nSPS) is 10.5. The molecule has 0 bridgehead atoms. The van der Waals surface area contributed by atoms with E-state index in [9.17, 15) is 14.4 Å². The number of halogens is 1. The average Bonchev–Trinajstić information content (AvgIpc) is 3.16. The third-order valence-electron chi connectivity index (χ3n) is 3.70. The molecule has 0 saturated heterocycles. The van der Waals surface area contributed by atoms with E-state index in [1.807, 2.05) is 6.92 Å². The predicted molar refractivity (Wildman–Crippen MR) is 101 cm³/mol. The number of methoxy groups -OCH3 is 1. The number of hydrogen-bond donors (Lipinski definition) is 0. The molecule has 2 rings (SSSR count). The maximum atomic E-state index is 12.8. The number of carbonyl (C=O) groups is 3. The smallest absolute Gasteiger partial charge is 0.325 e. The van der Waals surface area contributed by atoms with Crippen molar-refractivity contribution in [1.29, 1.82) is 0 Å². The van der Waals surface area contributed by atoms with Gasteiger partial charge in [-0.3, -0.25) is 19.3 Å². The lowest BCUT2D eigenvalue weighted by atomic mass is 10.1. The third kappa shape index (κ3) is 4.68. The first-order valence-electron chi connectivity index (χ1n) is 7.68. The van der Waals surface area contributed by atoms with Gasteiger partial charge in [-0.1, -0.05) is 29.4 Å². The topological polar surface area (TPSA) is 76.8 Å². The van der Waals surface area contributed by atoms with Crippen molar-refractivity contribution < 1.29 is 23.5 Å².